The Morgan fingerprint density at radius 1 is 1.00 bits per heavy atom. The molecule has 128 valence electrons. The van der Waals surface area contributed by atoms with Crippen LogP contribution in [0.2, 0.25) is 0 Å². The minimum absolute atomic E-state index is 0.297. The van der Waals surface area contributed by atoms with Crippen LogP contribution in [-0.4, -0.2) is 25.0 Å². The van der Waals surface area contributed by atoms with E-state index in [-0.39, 0.29) is 0 Å². The Hall–Kier alpha value is -2.68. The molecule has 0 aliphatic rings. The Labute approximate surface area is 145 Å². The Kier molecular flexibility index (Phi) is 4.84. The molecule has 0 saturated heterocycles. The summed E-state index contributed by atoms with van der Waals surface area (Å²) < 4.78 is 39.5. The Morgan fingerprint density at radius 3 is 2.36 bits per heavy atom. The van der Waals surface area contributed by atoms with Gasteiger partial charge in [-0.15, -0.1) is 27.0 Å². The second-order valence-electron chi connectivity index (χ2n) is 4.93. The maximum atomic E-state index is 12.6. The van der Waals surface area contributed by atoms with Gasteiger partial charge in [0.25, 0.3) is 0 Å². The van der Waals surface area contributed by atoms with Gasteiger partial charge in [0.05, 0.1) is 0 Å². The monoisotopic (exact) mass is 363 g/mol. The molecular weight excluding hydrogens is 351 g/mol. The van der Waals surface area contributed by atoms with Crippen molar-refractivity contribution in [1.82, 2.24) is 25.0 Å². The van der Waals surface area contributed by atoms with Gasteiger partial charge in [-0.05, 0) is 23.9 Å². The maximum Gasteiger partial charge on any atom is 0.435 e. The summed E-state index contributed by atoms with van der Waals surface area (Å²) in [5.74, 6) is 0.642. The lowest BCUT2D eigenvalue weighted by molar-refractivity contribution is -0.141. The first-order valence-electron chi connectivity index (χ1n) is 7.17. The van der Waals surface area contributed by atoms with Crippen molar-refractivity contribution in [3.63, 3.8) is 0 Å². The third-order valence-corrected chi connectivity index (χ3v) is 4.10. The number of aromatic nitrogens is 5. The van der Waals surface area contributed by atoms with Crippen LogP contribution in [0.1, 0.15) is 5.69 Å². The lowest BCUT2D eigenvalue weighted by Gasteiger charge is -2.08. The number of rotatable bonds is 5. The van der Waals surface area contributed by atoms with E-state index in [4.69, 9.17) is 0 Å². The smallest absolute Gasteiger partial charge is 0.298 e. The Bertz CT molecular complexity index is 860. The third-order valence-electron chi connectivity index (χ3n) is 3.19. The molecule has 25 heavy (non-hydrogen) atoms. The molecule has 3 aromatic rings. The molecule has 2 aromatic heterocycles. The number of hydrogen-bond acceptors (Lipinski definition) is 5. The zero-order chi connectivity index (χ0) is 17.9. The van der Waals surface area contributed by atoms with Gasteiger partial charge >= 0.3 is 6.18 Å². The zero-order valence-corrected chi connectivity index (χ0v) is 13.6. The molecule has 9 heteroatoms. The van der Waals surface area contributed by atoms with Crippen molar-refractivity contribution in [2.24, 2.45) is 0 Å². The van der Waals surface area contributed by atoms with Crippen LogP contribution in [0.25, 0.3) is 11.4 Å². The number of halogens is 3. The maximum absolute atomic E-state index is 12.6. The molecule has 2 heterocycles. The van der Waals surface area contributed by atoms with Crippen molar-refractivity contribution in [2.45, 2.75) is 22.9 Å². The normalized spacial score (nSPS) is 11.5. The van der Waals surface area contributed by atoms with Gasteiger partial charge in [0.2, 0.25) is 0 Å². The molecule has 0 unspecified atom stereocenters. The average molecular weight is 363 g/mol. The second kappa shape index (κ2) is 7.06. The number of benzene rings is 1. The van der Waals surface area contributed by atoms with Gasteiger partial charge in [0, 0.05) is 12.1 Å². The fraction of sp³-hybridized carbons (Fsp3) is 0.125. The molecule has 3 rings (SSSR count). The highest BCUT2D eigenvalue weighted by molar-refractivity contribution is 7.99. The van der Waals surface area contributed by atoms with Crippen LogP contribution >= 0.6 is 11.8 Å². The highest BCUT2D eigenvalue weighted by Crippen LogP contribution is 2.31. The summed E-state index contributed by atoms with van der Waals surface area (Å²) in [6.45, 7) is 4.17. The summed E-state index contributed by atoms with van der Waals surface area (Å²) >= 11 is 1.09. The fourth-order valence-corrected chi connectivity index (χ4v) is 2.84. The predicted octanol–water partition coefficient (Wildman–Crippen LogP) is 4.09. The van der Waals surface area contributed by atoms with Crippen molar-refractivity contribution in [3.8, 4) is 11.4 Å². The second-order valence-corrected chi connectivity index (χ2v) is 5.92. The van der Waals surface area contributed by atoms with Gasteiger partial charge in [-0.1, -0.05) is 36.4 Å². The van der Waals surface area contributed by atoms with Gasteiger partial charge in [0.15, 0.2) is 16.7 Å². The molecule has 0 radical (unpaired) electrons. The van der Waals surface area contributed by atoms with Crippen LogP contribution in [0.5, 0.6) is 0 Å². The molecule has 0 N–H and O–H groups in total. The molecule has 0 aliphatic heterocycles. The standard InChI is InChI=1S/C16H12F3N5S/c1-2-10-24-14(11-6-4-3-5-7-11)22-23-15(24)25-13-9-8-12(20-21-13)16(17,18)19/h2-9H,1,10H2. The van der Waals surface area contributed by atoms with Crippen molar-refractivity contribution in [1.29, 1.82) is 0 Å². The number of nitrogens with zero attached hydrogens (tertiary/aromatic N) is 5. The summed E-state index contributed by atoms with van der Waals surface area (Å²) in [6.07, 6.45) is -2.82. The number of alkyl halides is 3. The van der Waals surface area contributed by atoms with Crippen LogP contribution < -0.4 is 0 Å². The van der Waals surface area contributed by atoms with E-state index in [2.05, 4.69) is 27.0 Å². The minimum atomic E-state index is -4.51. The lowest BCUT2D eigenvalue weighted by Crippen LogP contribution is -2.09. The molecule has 0 aliphatic carbocycles. The zero-order valence-electron chi connectivity index (χ0n) is 12.8. The van der Waals surface area contributed by atoms with Gasteiger partial charge in [-0.25, -0.2) is 0 Å². The quantitative estimate of drug-likeness (QED) is 0.639. The SMILES string of the molecule is C=CCn1c(Sc2ccc(C(F)(F)F)nn2)nnc1-c1ccccc1. The third kappa shape index (κ3) is 3.87. The van der Waals surface area contributed by atoms with Crippen LogP contribution in [0.3, 0.4) is 0 Å². The van der Waals surface area contributed by atoms with E-state index >= 15 is 0 Å². The molecule has 0 amide bonds. The van der Waals surface area contributed by atoms with Crippen LogP contribution in [-0.2, 0) is 12.7 Å². The van der Waals surface area contributed by atoms with Crippen molar-refractivity contribution in [2.75, 3.05) is 0 Å². The molecule has 0 atom stereocenters. The molecule has 0 spiro atoms. The first-order chi connectivity index (χ1) is 12.0. The van der Waals surface area contributed by atoms with Gasteiger partial charge in [-0.2, -0.15) is 13.2 Å². The minimum Gasteiger partial charge on any atom is -0.298 e. The molecule has 0 bridgehead atoms. The van der Waals surface area contributed by atoms with E-state index in [9.17, 15) is 13.2 Å². The fourth-order valence-electron chi connectivity index (χ4n) is 2.08. The lowest BCUT2D eigenvalue weighted by atomic mass is 10.2. The highest BCUT2D eigenvalue weighted by atomic mass is 32.2. The highest BCUT2D eigenvalue weighted by Gasteiger charge is 2.33. The van der Waals surface area contributed by atoms with Gasteiger partial charge in [0.1, 0.15) is 5.03 Å². The Morgan fingerprint density at radius 2 is 1.76 bits per heavy atom. The van der Waals surface area contributed by atoms with Crippen LogP contribution in [0.15, 0.2) is 65.3 Å². The predicted molar refractivity (Wildman–Crippen MR) is 86.8 cm³/mol. The van der Waals surface area contributed by atoms with E-state index in [1.165, 1.54) is 6.07 Å². The number of hydrogen-bond donors (Lipinski definition) is 0. The Balaban J connectivity index is 1.90. The molecule has 5 nitrogen and oxygen atoms in total. The van der Waals surface area contributed by atoms with Crippen molar-refractivity contribution >= 4 is 11.8 Å². The average Bonchev–Trinajstić information content (AvgIpc) is 2.98. The molecule has 1 aromatic carbocycles. The summed E-state index contributed by atoms with van der Waals surface area (Å²) in [5, 5.41) is 15.9. The van der Waals surface area contributed by atoms with E-state index in [1.54, 1.807) is 6.08 Å². The van der Waals surface area contributed by atoms with Crippen LogP contribution in [0.4, 0.5) is 13.2 Å². The first kappa shape index (κ1) is 17.2. The van der Waals surface area contributed by atoms with E-state index < -0.39 is 11.9 Å². The summed E-state index contributed by atoms with van der Waals surface area (Å²) in [7, 11) is 0. The van der Waals surface area contributed by atoms with Crippen molar-refractivity contribution < 1.29 is 13.2 Å². The number of allylic oxidation sites excluding steroid dienone is 1. The van der Waals surface area contributed by atoms with E-state index in [0.29, 0.717) is 22.6 Å². The largest absolute Gasteiger partial charge is 0.435 e. The van der Waals surface area contributed by atoms with Gasteiger partial charge < -0.3 is 0 Å². The van der Waals surface area contributed by atoms with Gasteiger partial charge in [-0.3, -0.25) is 4.57 Å². The molecular formula is C16H12F3N5S. The summed E-state index contributed by atoms with van der Waals surface area (Å²) in [5.41, 5.74) is -0.156. The topological polar surface area (TPSA) is 56.5 Å². The summed E-state index contributed by atoms with van der Waals surface area (Å²) in [4.78, 5) is 0. The van der Waals surface area contributed by atoms with Crippen LogP contribution in [0, 0.1) is 0 Å². The van der Waals surface area contributed by atoms with Crippen molar-refractivity contribution in [3.05, 3.63) is 60.8 Å². The summed E-state index contributed by atoms with van der Waals surface area (Å²) in [6, 6.07) is 11.6. The molecule has 0 saturated carbocycles. The van der Waals surface area contributed by atoms with E-state index in [1.807, 2.05) is 34.9 Å². The van der Waals surface area contributed by atoms with E-state index in [0.717, 1.165) is 23.4 Å². The first-order valence-corrected chi connectivity index (χ1v) is 7.99. The molecule has 0 fully saturated rings.